The van der Waals surface area contributed by atoms with Crippen LogP contribution < -0.4 is 5.32 Å². The lowest BCUT2D eigenvalue weighted by Gasteiger charge is -2.14. The minimum Gasteiger partial charge on any atom is -0.335 e. The number of hydrogen-bond acceptors (Lipinski definition) is 3. The Morgan fingerprint density at radius 1 is 1.41 bits per heavy atom. The first-order chi connectivity index (χ1) is 7.93. The molecule has 0 spiro atoms. The van der Waals surface area contributed by atoms with Crippen molar-refractivity contribution in [1.82, 2.24) is 9.62 Å². The minimum absolute atomic E-state index is 0.0544. The van der Waals surface area contributed by atoms with Gasteiger partial charge in [-0.1, -0.05) is 0 Å². The molecule has 1 N–H and O–H groups in total. The van der Waals surface area contributed by atoms with Gasteiger partial charge < -0.3 is 5.32 Å². The van der Waals surface area contributed by atoms with Crippen LogP contribution in [0.2, 0.25) is 0 Å². The Labute approximate surface area is 106 Å². The van der Waals surface area contributed by atoms with Crippen molar-refractivity contribution in [3.05, 3.63) is 28.5 Å². The van der Waals surface area contributed by atoms with E-state index in [0.717, 1.165) is 6.07 Å². The molecule has 0 aliphatic carbocycles. The molecule has 1 fully saturated rings. The van der Waals surface area contributed by atoms with E-state index < -0.39 is 21.9 Å². The van der Waals surface area contributed by atoms with Gasteiger partial charge >= 0.3 is 6.03 Å². The van der Waals surface area contributed by atoms with Crippen LogP contribution in [0.15, 0.2) is 27.6 Å². The second-order valence-corrected chi connectivity index (χ2v) is 6.10. The van der Waals surface area contributed by atoms with Crippen molar-refractivity contribution in [3.63, 3.8) is 0 Å². The zero-order valence-electron chi connectivity index (χ0n) is 8.48. The number of carbonyl (C=O) groups excluding carboxylic acids is 1. The van der Waals surface area contributed by atoms with E-state index in [9.17, 15) is 17.6 Å². The summed E-state index contributed by atoms with van der Waals surface area (Å²) >= 11 is 2.93. The summed E-state index contributed by atoms with van der Waals surface area (Å²) < 4.78 is 38.1. The highest BCUT2D eigenvalue weighted by Crippen LogP contribution is 2.22. The third kappa shape index (κ3) is 2.14. The summed E-state index contributed by atoms with van der Waals surface area (Å²) in [7, 11) is -3.97. The quantitative estimate of drug-likeness (QED) is 0.892. The van der Waals surface area contributed by atoms with Crippen LogP contribution in [0, 0.1) is 5.82 Å². The largest absolute Gasteiger partial charge is 0.335 e. The zero-order valence-corrected chi connectivity index (χ0v) is 10.9. The number of carbonyl (C=O) groups is 1. The van der Waals surface area contributed by atoms with Crippen LogP contribution in [0.4, 0.5) is 9.18 Å². The number of hydrogen-bond donors (Lipinski definition) is 1. The van der Waals surface area contributed by atoms with Crippen LogP contribution in [0.25, 0.3) is 0 Å². The Hall–Kier alpha value is -1.15. The molecule has 0 aromatic heterocycles. The van der Waals surface area contributed by atoms with Crippen molar-refractivity contribution < 1.29 is 17.6 Å². The van der Waals surface area contributed by atoms with Crippen LogP contribution in [0.5, 0.6) is 0 Å². The van der Waals surface area contributed by atoms with E-state index in [4.69, 9.17) is 0 Å². The summed E-state index contributed by atoms with van der Waals surface area (Å²) in [5.41, 5.74) is 0. The van der Waals surface area contributed by atoms with Gasteiger partial charge in [-0.25, -0.2) is 21.9 Å². The molecule has 8 heteroatoms. The predicted molar refractivity (Wildman–Crippen MR) is 61.4 cm³/mol. The van der Waals surface area contributed by atoms with Gasteiger partial charge in [-0.2, -0.15) is 0 Å². The van der Waals surface area contributed by atoms with Gasteiger partial charge in [0, 0.05) is 6.54 Å². The van der Waals surface area contributed by atoms with Crippen molar-refractivity contribution in [2.75, 3.05) is 13.1 Å². The summed E-state index contributed by atoms with van der Waals surface area (Å²) in [5.74, 6) is -0.689. The Kier molecular flexibility index (Phi) is 3.09. The fraction of sp³-hybridized carbons (Fsp3) is 0.222. The standard InChI is InChI=1S/C9H8BrFN2O3S/c10-7-2-1-6(5-8(7)11)17(15,16)13-4-3-12-9(13)14/h1-2,5H,3-4H2,(H,12,14). The van der Waals surface area contributed by atoms with Crippen molar-refractivity contribution in [2.24, 2.45) is 0 Å². The second kappa shape index (κ2) is 4.26. The number of rotatable bonds is 2. The van der Waals surface area contributed by atoms with Gasteiger partial charge in [0.05, 0.1) is 15.9 Å². The highest BCUT2D eigenvalue weighted by molar-refractivity contribution is 9.10. The van der Waals surface area contributed by atoms with E-state index in [2.05, 4.69) is 21.2 Å². The maximum atomic E-state index is 13.3. The normalized spacial score (nSPS) is 16.1. The molecule has 1 saturated heterocycles. The average Bonchev–Trinajstić information content (AvgIpc) is 2.69. The summed E-state index contributed by atoms with van der Waals surface area (Å²) in [6, 6.07) is 2.73. The lowest BCUT2D eigenvalue weighted by atomic mass is 10.3. The molecule has 0 unspecified atom stereocenters. The lowest BCUT2D eigenvalue weighted by molar-refractivity contribution is 0.236. The van der Waals surface area contributed by atoms with Gasteiger partial charge in [0.15, 0.2) is 0 Å². The van der Waals surface area contributed by atoms with Gasteiger partial charge in [-0.15, -0.1) is 0 Å². The Morgan fingerprint density at radius 3 is 2.65 bits per heavy atom. The van der Waals surface area contributed by atoms with Crippen LogP contribution in [-0.2, 0) is 10.0 Å². The van der Waals surface area contributed by atoms with Crippen molar-refractivity contribution in [2.45, 2.75) is 4.90 Å². The molecule has 2 amide bonds. The van der Waals surface area contributed by atoms with E-state index in [1.165, 1.54) is 12.1 Å². The third-order valence-electron chi connectivity index (χ3n) is 2.30. The molecule has 0 bridgehead atoms. The van der Waals surface area contributed by atoms with Gasteiger partial charge in [0.1, 0.15) is 5.82 Å². The number of nitrogens with zero attached hydrogens (tertiary/aromatic N) is 1. The molecule has 1 aliphatic rings. The summed E-state index contributed by atoms with van der Waals surface area (Å²) in [4.78, 5) is 11.0. The van der Waals surface area contributed by atoms with E-state index in [-0.39, 0.29) is 22.5 Å². The number of halogens is 2. The highest BCUT2D eigenvalue weighted by Gasteiger charge is 2.33. The second-order valence-electron chi connectivity index (χ2n) is 3.39. The minimum atomic E-state index is -3.97. The van der Waals surface area contributed by atoms with E-state index in [0.29, 0.717) is 4.31 Å². The first-order valence-corrected chi connectivity index (χ1v) is 6.92. The Morgan fingerprint density at radius 2 is 2.12 bits per heavy atom. The smallest absolute Gasteiger partial charge is 0.331 e. The highest BCUT2D eigenvalue weighted by atomic mass is 79.9. The molecule has 0 atom stereocenters. The molecule has 0 saturated carbocycles. The molecule has 5 nitrogen and oxygen atoms in total. The summed E-state index contributed by atoms with van der Waals surface area (Å²) in [6.45, 7) is 0.315. The topological polar surface area (TPSA) is 66.5 Å². The molecule has 92 valence electrons. The van der Waals surface area contributed by atoms with Crippen LogP contribution in [0.3, 0.4) is 0 Å². The zero-order chi connectivity index (χ0) is 12.6. The molecule has 1 aromatic carbocycles. The van der Waals surface area contributed by atoms with E-state index in [1.54, 1.807) is 0 Å². The van der Waals surface area contributed by atoms with Gasteiger partial charge in [0.25, 0.3) is 10.0 Å². The predicted octanol–water partition coefficient (Wildman–Crippen LogP) is 1.30. The van der Waals surface area contributed by atoms with Crippen molar-refractivity contribution >= 4 is 32.0 Å². The number of benzene rings is 1. The van der Waals surface area contributed by atoms with E-state index in [1.807, 2.05) is 0 Å². The number of sulfonamides is 1. The molecule has 0 radical (unpaired) electrons. The number of nitrogens with one attached hydrogen (secondary N) is 1. The molecule has 2 rings (SSSR count). The maximum absolute atomic E-state index is 13.3. The van der Waals surface area contributed by atoms with E-state index >= 15 is 0 Å². The van der Waals surface area contributed by atoms with Crippen molar-refractivity contribution in [1.29, 1.82) is 0 Å². The van der Waals surface area contributed by atoms with Gasteiger partial charge in [-0.3, -0.25) is 0 Å². The molecule has 1 aromatic rings. The van der Waals surface area contributed by atoms with Crippen LogP contribution in [-0.4, -0.2) is 31.8 Å². The molecular formula is C9H8BrFN2O3S. The third-order valence-corrected chi connectivity index (χ3v) is 4.72. The Bertz CT molecular complexity index is 576. The van der Waals surface area contributed by atoms with Gasteiger partial charge in [-0.05, 0) is 34.1 Å². The fourth-order valence-electron chi connectivity index (χ4n) is 1.45. The molecular weight excluding hydrogens is 315 g/mol. The van der Waals surface area contributed by atoms with Gasteiger partial charge in [0.2, 0.25) is 0 Å². The number of urea groups is 1. The monoisotopic (exact) mass is 322 g/mol. The first-order valence-electron chi connectivity index (χ1n) is 4.68. The van der Waals surface area contributed by atoms with Crippen LogP contribution >= 0.6 is 15.9 Å². The SMILES string of the molecule is O=C1NCCN1S(=O)(=O)c1ccc(Br)c(F)c1. The summed E-state index contributed by atoms with van der Waals surface area (Å²) in [6.07, 6.45) is 0. The first kappa shape index (κ1) is 12.3. The number of amides is 2. The van der Waals surface area contributed by atoms with Crippen LogP contribution in [0.1, 0.15) is 0 Å². The fourth-order valence-corrected chi connectivity index (χ4v) is 3.06. The average molecular weight is 323 g/mol. The molecule has 17 heavy (non-hydrogen) atoms. The molecule has 1 heterocycles. The van der Waals surface area contributed by atoms with Crippen molar-refractivity contribution in [3.8, 4) is 0 Å². The lowest BCUT2D eigenvalue weighted by Crippen LogP contribution is -2.34. The maximum Gasteiger partial charge on any atom is 0.331 e. The Balaban J connectivity index is 2.44. The summed E-state index contributed by atoms with van der Waals surface area (Å²) in [5, 5.41) is 2.38. The molecule has 1 aliphatic heterocycles.